The Hall–Kier alpha value is -3.35. The van der Waals surface area contributed by atoms with Gasteiger partial charge in [0, 0.05) is 32.4 Å². The lowest BCUT2D eigenvalue weighted by Crippen LogP contribution is -2.15. The number of thiazole rings is 1. The van der Waals surface area contributed by atoms with E-state index >= 15 is 0 Å². The predicted molar refractivity (Wildman–Crippen MR) is 148 cm³/mol. The Kier molecular flexibility index (Phi) is 8.14. The van der Waals surface area contributed by atoms with Crippen LogP contribution in [0.1, 0.15) is 13.8 Å². The first-order chi connectivity index (χ1) is 18.0. The van der Waals surface area contributed by atoms with Crippen LogP contribution in [0.4, 0.5) is 25.5 Å². The van der Waals surface area contributed by atoms with Crippen molar-refractivity contribution in [2.45, 2.75) is 18.7 Å². The number of sulfonamides is 1. The standard InChI is InChI=1S/C25H25ClF2N6O2S2/c1-14(2)13-30-24-29-11-10-19(31-24)23-22(32-25(37-23)34(3)4)16-6-5-7-18(21(16)26)33-38(35,36)20-12-15(27)8-9-17(20)28/h5-12,14,33H,13H2,1-4H3,(H,29,30,31). The van der Waals surface area contributed by atoms with Crippen LogP contribution in [0.5, 0.6) is 0 Å². The molecule has 4 aromatic rings. The van der Waals surface area contributed by atoms with Crippen molar-refractivity contribution >= 4 is 49.7 Å². The van der Waals surface area contributed by atoms with Gasteiger partial charge in [0.05, 0.1) is 27.0 Å². The van der Waals surface area contributed by atoms with Crippen molar-refractivity contribution in [2.75, 3.05) is 35.6 Å². The first-order valence-electron chi connectivity index (χ1n) is 11.5. The van der Waals surface area contributed by atoms with Crippen LogP contribution in [0.15, 0.2) is 53.6 Å². The van der Waals surface area contributed by atoms with E-state index in [0.29, 0.717) is 51.4 Å². The van der Waals surface area contributed by atoms with Crippen molar-refractivity contribution in [3.63, 3.8) is 0 Å². The van der Waals surface area contributed by atoms with Crippen LogP contribution < -0.4 is 14.9 Å². The Morgan fingerprint density at radius 2 is 1.87 bits per heavy atom. The summed E-state index contributed by atoms with van der Waals surface area (Å²) >= 11 is 8.07. The normalized spacial score (nSPS) is 11.6. The number of benzene rings is 2. The number of halogens is 3. The monoisotopic (exact) mass is 578 g/mol. The first-order valence-corrected chi connectivity index (χ1v) is 14.2. The van der Waals surface area contributed by atoms with Crippen LogP contribution in [0.25, 0.3) is 21.8 Å². The summed E-state index contributed by atoms with van der Waals surface area (Å²) in [6.07, 6.45) is 1.64. The largest absolute Gasteiger partial charge is 0.354 e. The van der Waals surface area contributed by atoms with Gasteiger partial charge in [-0.3, -0.25) is 4.72 Å². The highest BCUT2D eigenvalue weighted by molar-refractivity contribution is 7.92. The van der Waals surface area contributed by atoms with E-state index in [1.54, 1.807) is 24.4 Å². The Labute approximate surface area is 228 Å². The lowest BCUT2D eigenvalue weighted by Gasteiger charge is -2.13. The van der Waals surface area contributed by atoms with Crippen molar-refractivity contribution < 1.29 is 17.2 Å². The van der Waals surface area contributed by atoms with Gasteiger partial charge in [-0.05, 0) is 36.2 Å². The van der Waals surface area contributed by atoms with E-state index in [4.69, 9.17) is 16.6 Å². The molecule has 13 heteroatoms. The summed E-state index contributed by atoms with van der Waals surface area (Å²) in [5, 5.41) is 3.92. The quantitative estimate of drug-likeness (QED) is 0.246. The van der Waals surface area contributed by atoms with Gasteiger partial charge in [0.1, 0.15) is 16.5 Å². The van der Waals surface area contributed by atoms with Crippen LogP contribution in [0.3, 0.4) is 0 Å². The van der Waals surface area contributed by atoms with Gasteiger partial charge < -0.3 is 10.2 Å². The molecule has 8 nitrogen and oxygen atoms in total. The second-order valence-electron chi connectivity index (χ2n) is 8.96. The second kappa shape index (κ2) is 11.2. The first kappa shape index (κ1) is 27.7. The molecule has 0 bridgehead atoms. The van der Waals surface area contributed by atoms with E-state index in [9.17, 15) is 17.2 Å². The van der Waals surface area contributed by atoms with Crippen molar-refractivity contribution in [1.82, 2.24) is 15.0 Å². The maximum absolute atomic E-state index is 14.2. The smallest absolute Gasteiger partial charge is 0.264 e. The molecule has 0 amide bonds. The van der Waals surface area contributed by atoms with Crippen LogP contribution in [-0.2, 0) is 10.0 Å². The fourth-order valence-corrected chi connectivity index (χ4v) is 5.85. The third-order valence-corrected chi connectivity index (χ3v) is 8.27. The molecule has 0 saturated carbocycles. The maximum atomic E-state index is 14.2. The number of nitrogens with zero attached hydrogens (tertiary/aromatic N) is 4. The summed E-state index contributed by atoms with van der Waals surface area (Å²) in [6, 6.07) is 8.66. The van der Waals surface area contributed by atoms with Crippen molar-refractivity contribution in [1.29, 1.82) is 0 Å². The van der Waals surface area contributed by atoms with Crippen LogP contribution in [-0.4, -0.2) is 44.0 Å². The lowest BCUT2D eigenvalue weighted by atomic mass is 10.1. The van der Waals surface area contributed by atoms with Crippen LogP contribution >= 0.6 is 22.9 Å². The second-order valence-corrected chi connectivity index (χ2v) is 12.0. The Morgan fingerprint density at radius 1 is 1.11 bits per heavy atom. The Bertz CT molecular complexity index is 1580. The minimum atomic E-state index is -4.48. The fourth-order valence-electron chi connectivity index (χ4n) is 3.40. The van der Waals surface area contributed by atoms with Gasteiger partial charge in [-0.1, -0.05) is 48.9 Å². The third-order valence-electron chi connectivity index (χ3n) is 5.24. The molecule has 0 radical (unpaired) electrons. The van der Waals surface area contributed by atoms with Crippen LogP contribution in [0.2, 0.25) is 5.02 Å². The highest BCUT2D eigenvalue weighted by Gasteiger charge is 2.24. The summed E-state index contributed by atoms with van der Waals surface area (Å²) in [4.78, 5) is 15.4. The van der Waals surface area contributed by atoms with E-state index in [0.717, 1.165) is 12.1 Å². The minimum absolute atomic E-state index is 0.0137. The highest BCUT2D eigenvalue weighted by atomic mass is 35.5. The topological polar surface area (TPSA) is 100 Å². The molecule has 0 saturated heterocycles. The van der Waals surface area contributed by atoms with E-state index in [-0.39, 0.29) is 10.7 Å². The Balaban J connectivity index is 1.78. The molecule has 0 fully saturated rings. The van der Waals surface area contributed by atoms with E-state index < -0.39 is 26.6 Å². The van der Waals surface area contributed by atoms with E-state index in [1.165, 1.54) is 17.4 Å². The molecule has 2 heterocycles. The van der Waals surface area contributed by atoms with Crippen molar-refractivity contribution in [2.24, 2.45) is 5.92 Å². The van der Waals surface area contributed by atoms with Crippen molar-refractivity contribution in [3.8, 4) is 21.8 Å². The Morgan fingerprint density at radius 3 is 2.58 bits per heavy atom. The SMILES string of the molecule is CC(C)CNc1nccc(-c2sc(N(C)C)nc2-c2cccc(NS(=O)(=O)c3cc(F)ccc3F)c2Cl)n1. The molecular formula is C25H25ClF2N6O2S2. The lowest BCUT2D eigenvalue weighted by molar-refractivity contribution is 0.555. The molecule has 4 rings (SSSR count). The molecule has 0 aliphatic rings. The van der Waals surface area contributed by atoms with Gasteiger partial charge in [0.2, 0.25) is 5.95 Å². The zero-order valence-electron chi connectivity index (χ0n) is 21.0. The number of aromatic nitrogens is 3. The predicted octanol–water partition coefficient (Wildman–Crippen LogP) is 6.13. The van der Waals surface area contributed by atoms with Crippen molar-refractivity contribution in [3.05, 3.63) is 65.3 Å². The maximum Gasteiger partial charge on any atom is 0.264 e. The number of nitrogens with one attached hydrogen (secondary N) is 2. The van der Waals surface area contributed by atoms with Gasteiger partial charge >= 0.3 is 0 Å². The number of hydrogen-bond acceptors (Lipinski definition) is 8. The summed E-state index contributed by atoms with van der Waals surface area (Å²) in [7, 11) is -0.784. The number of anilines is 3. The number of rotatable bonds is 9. The molecule has 0 unspecified atom stereocenters. The molecule has 0 aliphatic carbocycles. The number of hydrogen-bond donors (Lipinski definition) is 2. The molecule has 0 aliphatic heterocycles. The molecule has 0 spiro atoms. The molecule has 2 aromatic heterocycles. The van der Waals surface area contributed by atoms with E-state index in [1.807, 2.05) is 19.0 Å². The summed E-state index contributed by atoms with van der Waals surface area (Å²) < 4.78 is 55.9. The van der Waals surface area contributed by atoms with Gasteiger partial charge in [-0.25, -0.2) is 32.2 Å². The average Bonchev–Trinajstić information content (AvgIpc) is 3.31. The van der Waals surface area contributed by atoms with Gasteiger partial charge in [-0.15, -0.1) is 0 Å². The summed E-state index contributed by atoms with van der Waals surface area (Å²) in [5.74, 6) is -1.12. The molecule has 2 N–H and O–H groups in total. The zero-order valence-corrected chi connectivity index (χ0v) is 23.3. The fraction of sp³-hybridized carbons (Fsp3) is 0.240. The average molecular weight is 579 g/mol. The van der Waals surface area contributed by atoms with Gasteiger partial charge in [0.25, 0.3) is 10.0 Å². The third kappa shape index (κ3) is 6.03. The molecule has 2 aromatic carbocycles. The van der Waals surface area contributed by atoms with Gasteiger partial charge in [0.15, 0.2) is 5.13 Å². The molecule has 0 atom stereocenters. The molecular weight excluding hydrogens is 554 g/mol. The molecule has 38 heavy (non-hydrogen) atoms. The van der Waals surface area contributed by atoms with Gasteiger partial charge in [-0.2, -0.15) is 0 Å². The molecule has 200 valence electrons. The summed E-state index contributed by atoms with van der Waals surface area (Å²) in [6.45, 7) is 4.85. The zero-order chi connectivity index (χ0) is 27.6. The highest BCUT2D eigenvalue weighted by Crippen LogP contribution is 2.43. The van der Waals surface area contributed by atoms with Crippen LogP contribution in [0, 0.1) is 17.6 Å². The minimum Gasteiger partial charge on any atom is -0.354 e. The summed E-state index contributed by atoms with van der Waals surface area (Å²) in [5.41, 5.74) is 1.51. The van der Waals surface area contributed by atoms with E-state index in [2.05, 4.69) is 33.9 Å².